The van der Waals surface area contributed by atoms with Crippen LogP contribution >= 0.6 is 0 Å². The molecule has 3 atom stereocenters. The van der Waals surface area contributed by atoms with E-state index >= 15 is 0 Å². The number of hydrogen-bond donors (Lipinski definition) is 1. The summed E-state index contributed by atoms with van der Waals surface area (Å²) < 4.78 is 40.3. The summed E-state index contributed by atoms with van der Waals surface area (Å²) in [7, 11) is -2.39. The summed E-state index contributed by atoms with van der Waals surface area (Å²) in [5.74, 6) is 0.383. The number of ether oxygens (including phenoxy) is 1. The molecular formula is C26H31N5O5S. The van der Waals surface area contributed by atoms with Crippen LogP contribution < -0.4 is 10.1 Å². The fourth-order valence-corrected chi connectivity index (χ4v) is 7.03. The van der Waals surface area contributed by atoms with Crippen LogP contribution in [0.15, 0.2) is 58.2 Å². The summed E-state index contributed by atoms with van der Waals surface area (Å²) >= 11 is 0. The van der Waals surface area contributed by atoms with Crippen molar-refractivity contribution in [3.63, 3.8) is 0 Å². The summed E-state index contributed by atoms with van der Waals surface area (Å²) in [4.78, 5) is 22.1. The van der Waals surface area contributed by atoms with Crippen LogP contribution in [0, 0.1) is 5.92 Å². The number of carbonyl (C=O) groups excluding carboxylic acids is 1. The van der Waals surface area contributed by atoms with E-state index in [-0.39, 0.29) is 16.7 Å². The Hall–Kier alpha value is -3.31. The lowest BCUT2D eigenvalue weighted by Crippen LogP contribution is -2.47. The first kappa shape index (κ1) is 25.3. The van der Waals surface area contributed by atoms with Crippen molar-refractivity contribution in [2.45, 2.75) is 55.4 Å². The number of hydrogen-bond acceptors (Lipinski definition) is 8. The molecule has 1 saturated heterocycles. The van der Waals surface area contributed by atoms with Gasteiger partial charge in [-0.05, 0) is 49.9 Å². The Labute approximate surface area is 216 Å². The minimum Gasteiger partial charge on any atom is -0.497 e. The maximum Gasteiger partial charge on any atom is 0.243 e. The minimum atomic E-state index is -3.90. The summed E-state index contributed by atoms with van der Waals surface area (Å²) in [6, 6.07) is 9.58. The highest BCUT2D eigenvalue weighted by atomic mass is 32.2. The Balaban J connectivity index is 1.49. The maximum absolute atomic E-state index is 14.0. The average molecular weight is 526 g/mol. The van der Waals surface area contributed by atoms with Crippen LogP contribution in [0.25, 0.3) is 11.4 Å². The minimum absolute atomic E-state index is 0.132. The standard InChI is InChI=1S/C26H31N5O5S/c1-35-20-9-6-10-21(16-20)37(33,34)31-13-5-3-2-4-12-28-25(32)22-14-19(15-23(22)31)26-29-24(30-36-26)18-8-7-11-27-17-18/h6-11,16-17,19,22-23H,2-5,12-15H2,1H3,(H,28,32). The number of methoxy groups -OCH3 is 1. The Kier molecular flexibility index (Phi) is 7.52. The molecule has 2 aromatic heterocycles. The smallest absolute Gasteiger partial charge is 0.243 e. The third kappa shape index (κ3) is 5.37. The van der Waals surface area contributed by atoms with Crippen molar-refractivity contribution < 1.29 is 22.5 Å². The van der Waals surface area contributed by atoms with Gasteiger partial charge in [0.25, 0.3) is 0 Å². The van der Waals surface area contributed by atoms with Gasteiger partial charge in [0.05, 0.1) is 17.9 Å². The monoisotopic (exact) mass is 525 g/mol. The summed E-state index contributed by atoms with van der Waals surface area (Å²) in [5.41, 5.74) is 0.728. The van der Waals surface area contributed by atoms with Gasteiger partial charge in [0.1, 0.15) is 5.75 Å². The number of pyridine rings is 1. The molecule has 3 aromatic rings. The van der Waals surface area contributed by atoms with E-state index < -0.39 is 22.0 Å². The van der Waals surface area contributed by atoms with Gasteiger partial charge in [-0.1, -0.05) is 24.1 Å². The van der Waals surface area contributed by atoms with Crippen LogP contribution in [0.5, 0.6) is 5.75 Å². The molecule has 5 rings (SSSR count). The van der Waals surface area contributed by atoms with Gasteiger partial charge in [0.2, 0.25) is 27.6 Å². The van der Waals surface area contributed by atoms with Gasteiger partial charge in [-0.3, -0.25) is 9.78 Å². The number of rotatable bonds is 5. The van der Waals surface area contributed by atoms with Crippen molar-refractivity contribution in [3.8, 4) is 17.1 Å². The number of fused-ring (bicyclic) bond motifs is 1. The molecule has 1 aliphatic carbocycles. The van der Waals surface area contributed by atoms with Gasteiger partial charge >= 0.3 is 0 Å². The fourth-order valence-electron chi connectivity index (χ4n) is 5.28. The van der Waals surface area contributed by atoms with Crippen molar-refractivity contribution in [3.05, 3.63) is 54.7 Å². The second-order valence-corrected chi connectivity index (χ2v) is 11.4. The van der Waals surface area contributed by atoms with Crippen LogP contribution in [-0.4, -0.2) is 60.0 Å². The number of carbonyl (C=O) groups is 1. The molecule has 3 heterocycles. The van der Waals surface area contributed by atoms with E-state index in [0.29, 0.717) is 43.4 Å². The molecule has 0 radical (unpaired) electrons. The van der Waals surface area contributed by atoms with E-state index in [4.69, 9.17) is 9.26 Å². The zero-order valence-electron chi connectivity index (χ0n) is 20.7. The van der Waals surface area contributed by atoms with Crippen LogP contribution in [0.2, 0.25) is 0 Å². The van der Waals surface area contributed by atoms with Gasteiger partial charge in [0.15, 0.2) is 0 Å². The van der Waals surface area contributed by atoms with E-state index in [1.54, 1.807) is 36.7 Å². The SMILES string of the molecule is COc1cccc(S(=O)(=O)N2CCCCCCNC(=O)C3CC(c4nc(-c5cccnc5)no4)CC32)c1. The number of aromatic nitrogens is 3. The topological polar surface area (TPSA) is 128 Å². The van der Waals surface area contributed by atoms with Crippen LogP contribution in [-0.2, 0) is 14.8 Å². The van der Waals surface area contributed by atoms with E-state index in [9.17, 15) is 13.2 Å². The highest BCUT2D eigenvalue weighted by Gasteiger charge is 2.47. The molecule has 196 valence electrons. The number of amides is 1. The second-order valence-electron chi connectivity index (χ2n) is 9.54. The molecule has 1 saturated carbocycles. The van der Waals surface area contributed by atoms with Gasteiger partial charge in [-0.2, -0.15) is 9.29 Å². The van der Waals surface area contributed by atoms with E-state index in [1.165, 1.54) is 17.5 Å². The Morgan fingerprint density at radius 3 is 2.78 bits per heavy atom. The average Bonchev–Trinajstić information content (AvgIpc) is 3.58. The summed E-state index contributed by atoms with van der Waals surface area (Å²) in [5, 5.41) is 7.14. The largest absolute Gasteiger partial charge is 0.497 e. The highest BCUT2D eigenvalue weighted by molar-refractivity contribution is 7.89. The molecule has 1 aliphatic heterocycles. The molecule has 1 N–H and O–H groups in total. The molecule has 1 amide bonds. The number of nitrogens with one attached hydrogen (secondary N) is 1. The van der Waals surface area contributed by atoms with Crippen LogP contribution in [0.3, 0.4) is 0 Å². The molecule has 10 nitrogen and oxygen atoms in total. The first-order valence-electron chi connectivity index (χ1n) is 12.6. The Morgan fingerprint density at radius 1 is 1.11 bits per heavy atom. The lowest BCUT2D eigenvalue weighted by Gasteiger charge is -2.31. The third-order valence-corrected chi connectivity index (χ3v) is 9.12. The number of benzene rings is 1. The van der Waals surface area contributed by atoms with Crippen molar-refractivity contribution >= 4 is 15.9 Å². The zero-order valence-corrected chi connectivity index (χ0v) is 21.6. The first-order chi connectivity index (χ1) is 18.0. The zero-order chi connectivity index (χ0) is 25.8. The lowest BCUT2D eigenvalue weighted by molar-refractivity contribution is -0.125. The van der Waals surface area contributed by atoms with Gasteiger partial charge in [0, 0.05) is 49.1 Å². The van der Waals surface area contributed by atoms with Crippen molar-refractivity contribution in [1.29, 1.82) is 0 Å². The molecule has 1 aromatic carbocycles. The molecular weight excluding hydrogens is 494 g/mol. The molecule has 37 heavy (non-hydrogen) atoms. The van der Waals surface area contributed by atoms with Crippen LogP contribution in [0.4, 0.5) is 0 Å². The maximum atomic E-state index is 14.0. The Bertz CT molecular complexity index is 1330. The van der Waals surface area contributed by atoms with Crippen molar-refractivity contribution in [2.24, 2.45) is 5.92 Å². The van der Waals surface area contributed by atoms with E-state index in [2.05, 4.69) is 20.4 Å². The second kappa shape index (κ2) is 11.0. The van der Waals surface area contributed by atoms with E-state index in [1.807, 2.05) is 6.07 Å². The predicted octanol–water partition coefficient (Wildman–Crippen LogP) is 3.38. The van der Waals surface area contributed by atoms with Crippen molar-refractivity contribution in [1.82, 2.24) is 24.7 Å². The predicted molar refractivity (Wildman–Crippen MR) is 135 cm³/mol. The molecule has 11 heteroatoms. The summed E-state index contributed by atoms with van der Waals surface area (Å²) in [6.45, 7) is 0.923. The molecule has 0 bridgehead atoms. The lowest BCUT2D eigenvalue weighted by atomic mass is 10.0. The molecule has 3 unspecified atom stereocenters. The Morgan fingerprint density at radius 2 is 1.97 bits per heavy atom. The molecule has 0 spiro atoms. The molecule has 2 aliphatic rings. The first-order valence-corrected chi connectivity index (χ1v) is 14.1. The van der Waals surface area contributed by atoms with Crippen LogP contribution in [0.1, 0.15) is 50.3 Å². The van der Waals surface area contributed by atoms with Gasteiger partial charge in [-0.25, -0.2) is 8.42 Å². The van der Waals surface area contributed by atoms with Gasteiger partial charge in [-0.15, -0.1) is 0 Å². The molecule has 2 fully saturated rings. The quantitative estimate of drug-likeness (QED) is 0.537. The fraction of sp³-hybridized carbons (Fsp3) is 0.462. The summed E-state index contributed by atoms with van der Waals surface area (Å²) in [6.07, 6.45) is 7.57. The number of sulfonamides is 1. The van der Waals surface area contributed by atoms with Gasteiger partial charge < -0.3 is 14.6 Å². The van der Waals surface area contributed by atoms with E-state index in [0.717, 1.165) is 31.2 Å². The highest BCUT2D eigenvalue weighted by Crippen LogP contribution is 2.43. The van der Waals surface area contributed by atoms with Crippen molar-refractivity contribution in [2.75, 3.05) is 20.2 Å². The normalized spacial score (nSPS) is 23.6. The number of nitrogens with zero attached hydrogens (tertiary/aromatic N) is 4. The third-order valence-electron chi connectivity index (χ3n) is 7.20.